The van der Waals surface area contributed by atoms with Gasteiger partial charge in [-0.25, -0.2) is 0 Å². The summed E-state index contributed by atoms with van der Waals surface area (Å²) in [7, 11) is 0. The predicted octanol–water partition coefficient (Wildman–Crippen LogP) is 4.51. The number of nitrogens with zero attached hydrogens (tertiary/aromatic N) is 2. The van der Waals surface area contributed by atoms with Crippen molar-refractivity contribution in [2.24, 2.45) is 5.92 Å². The van der Waals surface area contributed by atoms with Gasteiger partial charge in [-0.2, -0.15) is 0 Å². The van der Waals surface area contributed by atoms with E-state index in [1.165, 1.54) is 24.0 Å². The maximum atomic E-state index is 13.8. The zero-order chi connectivity index (χ0) is 23.5. The smallest absolute Gasteiger partial charge is 0.254 e. The summed E-state index contributed by atoms with van der Waals surface area (Å²) in [5, 5.41) is 3.46. The van der Waals surface area contributed by atoms with Crippen LogP contribution in [0.1, 0.15) is 71.6 Å². The number of piperazine rings is 1. The van der Waals surface area contributed by atoms with Crippen molar-refractivity contribution in [2.75, 3.05) is 26.2 Å². The van der Waals surface area contributed by atoms with Gasteiger partial charge in [0.05, 0.1) is 12.1 Å². The molecule has 1 saturated heterocycles. The average Bonchev–Trinajstić information content (AvgIpc) is 3.39. The summed E-state index contributed by atoms with van der Waals surface area (Å²) in [6.45, 7) is 4.86. The molecule has 5 heteroatoms. The Bertz CT molecular complexity index is 1020. The Morgan fingerprint density at radius 2 is 1.59 bits per heavy atom. The first-order chi connectivity index (χ1) is 16.6. The number of aryl methyl sites for hydroxylation is 2. The van der Waals surface area contributed by atoms with Gasteiger partial charge in [0.2, 0.25) is 5.91 Å². The molecule has 5 nitrogen and oxygen atoms in total. The number of hydrogen-bond donors (Lipinski definition) is 1. The van der Waals surface area contributed by atoms with Crippen LogP contribution in [0.15, 0.2) is 48.5 Å². The van der Waals surface area contributed by atoms with Crippen molar-refractivity contribution in [3.8, 4) is 0 Å². The van der Waals surface area contributed by atoms with E-state index in [9.17, 15) is 9.59 Å². The summed E-state index contributed by atoms with van der Waals surface area (Å²) in [5.74, 6) is 0.711. The molecule has 180 valence electrons. The summed E-state index contributed by atoms with van der Waals surface area (Å²) in [5.41, 5.74) is 4.48. The maximum absolute atomic E-state index is 13.8. The number of amides is 2. The van der Waals surface area contributed by atoms with Gasteiger partial charge >= 0.3 is 0 Å². The zero-order valence-corrected chi connectivity index (χ0v) is 20.3. The summed E-state index contributed by atoms with van der Waals surface area (Å²) < 4.78 is 0. The Hall–Kier alpha value is -2.66. The van der Waals surface area contributed by atoms with Crippen molar-refractivity contribution < 1.29 is 9.59 Å². The van der Waals surface area contributed by atoms with E-state index in [0.717, 1.165) is 56.3 Å². The highest BCUT2D eigenvalue weighted by Crippen LogP contribution is 2.33. The fourth-order valence-electron chi connectivity index (χ4n) is 6.30. The lowest BCUT2D eigenvalue weighted by Gasteiger charge is -2.41. The minimum Gasteiger partial charge on any atom is -0.348 e. The quantitative estimate of drug-likeness (QED) is 0.716. The van der Waals surface area contributed by atoms with Crippen LogP contribution in [0.2, 0.25) is 0 Å². The first-order valence-corrected chi connectivity index (χ1v) is 13.1. The van der Waals surface area contributed by atoms with Gasteiger partial charge in [-0.1, -0.05) is 55.3 Å². The van der Waals surface area contributed by atoms with E-state index in [-0.39, 0.29) is 23.9 Å². The molecule has 2 fully saturated rings. The Balaban J connectivity index is 1.27. The Morgan fingerprint density at radius 3 is 2.35 bits per heavy atom. The molecule has 1 N–H and O–H groups in total. The predicted molar refractivity (Wildman–Crippen MR) is 135 cm³/mol. The number of carbonyl (C=O) groups is 2. The third-order valence-corrected chi connectivity index (χ3v) is 8.17. The highest BCUT2D eigenvalue weighted by Gasteiger charge is 2.38. The SMILES string of the molecule is Cc1ccccc1C(=O)N1CCN([C@@H](C(=O)N[C@@H]2CCCc3ccccc32)C2CCCC2)CC1. The van der Waals surface area contributed by atoms with Crippen LogP contribution in [0.25, 0.3) is 0 Å². The highest BCUT2D eigenvalue weighted by molar-refractivity contribution is 5.95. The fraction of sp³-hybridized carbons (Fsp3) is 0.517. The minimum atomic E-state index is -0.0905. The summed E-state index contributed by atoms with van der Waals surface area (Å²) >= 11 is 0. The topological polar surface area (TPSA) is 52.7 Å². The molecular weight excluding hydrogens is 422 g/mol. The van der Waals surface area contributed by atoms with Crippen molar-refractivity contribution in [1.82, 2.24) is 15.1 Å². The fourth-order valence-corrected chi connectivity index (χ4v) is 6.30. The molecule has 2 aromatic rings. The molecule has 5 rings (SSSR count). The van der Waals surface area contributed by atoms with Crippen LogP contribution in [0.5, 0.6) is 0 Å². The second kappa shape index (κ2) is 10.3. The van der Waals surface area contributed by atoms with E-state index in [1.54, 1.807) is 0 Å². The van der Waals surface area contributed by atoms with E-state index < -0.39 is 0 Å². The molecule has 2 aliphatic carbocycles. The number of nitrogens with one attached hydrogen (secondary N) is 1. The van der Waals surface area contributed by atoms with Gasteiger partial charge < -0.3 is 10.2 Å². The first kappa shape index (κ1) is 23.1. The summed E-state index contributed by atoms with van der Waals surface area (Å²) in [6, 6.07) is 16.4. The summed E-state index contributed by atoms with van der Waals surface area (Å²) in [4.78, 5) is 31.2. The summed E-state index contributed by atoms with van der Waals surface area (Å²) in [6.07, 6.45) is 7.92. The molecule has 0 bridgehead atoms. The molecule has 1 heterocycles. The third-order valence-electron chi connectivity index (χ3n) is 8.17. The molecule has 0 spiro atoms. The van der Waals surface area contributed by atoms with Crippen LogP contribution in [-0.2, 0) is 11.2 Å². The average molecular weight is 460 g/mol. The minimum absolute atomic E-state index is 0.0905. The van der Waals surface area contributed by atoms with Crippen LogP contribution in [0.4, 0.5) is 0 Å². The van der Waals surface area contributed by atoms with E-state index in [4.69, 9.17) is 0 Å². The molecular formula is C29H37N3O2. The Labute approximate surface area is 203 Å². The molecule has 34 heavy (non-hydrogen) atoms. The number of rotatable bonds is 5. The van der Waals surface area contributed by atoms with Crippen molar-refractivity contribution in [3.63, 3.8) is 0 Å². The highest BCUT2D eigenvalue weighted by atomic mass is 16.2. The lowest BCUT2D eigenvalue weighted by Crippen LogP contribution is -2.58. The molecule has 0 unspecified atom stereocenters. The molecule has 2 amide bonds. The van der Waals surface area contributed by atoms with Crippen molar-refractivity contribution >= 4 is 11.8 Å². The van der Waals surface area contributed by atoms with Crippen LogP contribution in [0.3, 0.4) is 0 Å². The van der Waals surface area contributed by atoms with Crippen molar-refractivity contribution in [1.29, 1.82) is 0 Å². The largest absolute Gasteiger partial charge is 0.348 e. The standard InChI is InChI=1S/C29H37N3O2/c1-21-9-2-6-14-24(21)29(34)32-19-17-31(18-20-32)27(23-11-3-4-12-23)28(33)30-26-16-8-13-22-10-5-7-15-25(22)26/h2,5-7,9-10,14-15,23,26-27H,3-4,8,11-13,16-20H2,1H3,(H,30,33)/t26-,27-/m1/s1. The van der Waals surface area contributed by atoms with Gasteiger partial charge in [0.25, 0.3) is 5.91 Å². The number of hydrogen-bond acceptors (Lipinski definition) is 3. The number of carbonyl (C=O) groups excluding carboxylic acids is 2. The molecule has 2 atom stereocenters. The maximum Gasteiger partial charge on any atom is 0.254 e. The molecule has 2 aromatic carbocycles. The lowest BCUT2D eigenvalue weighted by atomic mass is 9.87. The molecule has 0 aromatic heterocycles. The number of fused-ring (bicyclic) bond motifs is 1. The van der Waals surface area contributed by atoms with Crippen LogP contribution in [0, 0.1) is 12.8 Å². The molecule has 1 saturated carbocycles. The molecule has 3 aliphatic rings. The lowest BCUT2D eigenvalue weighted by molar-refractivity contribution is -0.130. The Kier molecular flexibility index (Phi) is 7.00. The van der Waals surface area contributed by atoms with E-state index >= 15 is 0 Å². The molecule has 1 aliphatic heterocycles. The van der Waals surface area contributed by atoms with E-state index in [1.807, 2.05) is 36.1 Å². The van der Waals surface area contributed by atoms with Crippen molar-refractivity contribution in [3.05, 3.63) is 70.8 Å². The van der Waals surface area contributed by atoms with Crippen molar-refractivity contribution in [2.45, 2.75) is 64.0 Å². The van der Waals surface area contributed by atoms with Crippen LogP contribution < -0.4 is 5.32 Å². The normalized spacial score (nSPS) is 22.3. The zero-order valence-electron chi connectivity index (χ0n) is 20.3. The Morgan fingerprint density at radius 1 is 0.882 bits per heavy atom. The molecule has 0 radical (unpaired) electrons. The monoisotopic (exact) mass is 459 g/mol. The third kappa shape index (κ3) is 4.76. The van der Waals surface area contributed by atoms with Gasteiger partial charge in [0.1, 0.15) is 0 Å². The van der Waals surface area contributed by atoms with Crippen LogP contribution >= 0.6 is 0 Å². The van der Waals surface area contributed by atoms with Gasteiger partial charge in [0.15, 0.2) is 0 Å². The van der Waals surface area contributed by atoms with Gasteiger partial charge in [-0.15, -0.1) is 0 Å². The van der Waals surface area contributed by atoms with E-state index in [0.29, 0.717) is 19.0 Å². The second-order valence-corrected chi connectivity index (χ2v) is 10.3. The number of benzene rings is 2. The first-order valence-electron chi connectivity index (χ1n) is 13.1. The van der Waals surface area contributed by atoms with Crippen LogP contribution in [-0.4, -0.2) is 53.8 Å². The van der Waals surface area contributed by atoms with E-state index in [2.05, 4.69) is 34.5 Å². The second-order valence-electron chi connectivity index (χ2n) is 10.3. The van der Waals surface area contributed by atoms with Gasteiger partial charge in [-0.3, -0.25) is 14.5 Å². The van der Waals surface area contributed by atoms with Gasteiger partial charge in [0, 0.05) is 31.7 Å². The van der Waals surface area contributed by atoms with Gasteiger partial charge in [-0.05, 0) is 67.7 Å².